The molecule has 0 amide bonds. The molecule has 1 heterocycles. The van der Waals surface area contributed by atoms with Crippen LogP contribution in [0, 0.1) is 0 Å². The second-order valence-corrected chi connectivity index (χ2v) is 3.29. The van der Waals surface area contributed by atoms with Crippen molar-refractivity contribution < 1.29 is 13.5 Å². The molecule has 0 atom stereocenters. The summed E-state index contributed by atoms with van der Waals surface area (Å²) < 4.78 is 31.8. The Balaban J connectivity index is 0.00000112. The number of methoxy groups -OCH3 is 1. The Labute approximate surface area is 93.0 Å². The molecule has 0 spiro atoms. The molecule has 0 saturated heterocycles. The number of benzene rings is 1. The van der Waals surface area contributed by atoms with E-state index in [-0.39, 0.29) is 24.5 Å². The second-order valence-electron chi connectivity index (χ2n) is 3.29. The summed E-state index contributed by atoms with van der Waals surface area (Å²) in [6.45, 7) is 0.141. The van der Waals surface area contributed by atoms with E-state index in [2.05, 4.69) is 5.32 Å². The van der Waals surface area contributed by atoms with Gasteiger partial charge in [0.2, 0.25) is 0 Å². The summed E-state index contributed by atoms with van der Waals surface area (Å²) in [6, 6.07) is 4.75. The molecule has 5 heteroatoms. The van der Waals surface area contributed by atoms with Gasteiger partial charge in [0.25, 0.3) is 5.92 Å². The van der Waals surface area contributed by atoms with Gasteiger partial charge in [-0.3, -0.25) is 0 Å². The van der Waals surface area contributed by atoms with Crippen molar-refractivity contribution in [2.45, 2.75) is 12.5 Å². The number of hydrogen-bond acceptors (Lipinski definition) is 2. The summed E-state index contributed by atoms with van der Waals surface area (Å²) in [5.41, 5.74) is 0.641. The van der Waals surface area contributed by atoms with Crippen LogP contribution in [0.2, 0.25) is 0 Å². The van der Waals surface area contributed by atoms with E-state index in [1.165, 1.54) is 13.2 Å². The van der Waals surface area contributed by atoms with Gasteiger partial charge in [0, 0.05) is 17.7 Å². The molecule has 1 aliphatic rings. The van der Waals surface area contributed by atoms with Crippen molar-refractivity contribution in [3.8, 4) is 5.75 Å². The highest BCUT2D eigenvalue weighted by Gasteiger charge is 2.37. The molecule has 0 saturated carbocycles. The van der Waals surface area contributed by atoms with E-state index in [4.69, 9.17) is 4.74 Å². The molecule has 0 aromatic heterocycles. The van der Waals surface area contributed by atoms with E-state index in [0.29, 0.717) is 17.9 Å². The highest BCUT2D eigenvalue weighted by Crippen LogP contribution is 2.36. The first-order chi connectivity index (χ1) is 6.65. The number of ether oxygens (including phenoxy) is 1. The Morgan fingerprint density at radius 2 is 2.13 bits per heavy atom. The Hall–Kier alpha value is -0.870. The van der Waals surface area contributed by atoms with Crippen LogP contribution in [0.1, 0.15) is 11.1 Å². The highest BCUT2D eigenvalue weighted by atomic mass is 35.5. The number of nitrogens with one attached hydrogen (secondary N) is 1. The van der Waals surface area contributed by atoms with Gasteiger partial charge in [0.1, 0.15) is 5.75 Å². The maximum Gasteiger partial charge on any atom is 0.285 e. The molecule has 1 aliphatic heterocycles. The van der Waals surface area contributed by atoms with E-state index in [1.807, 2.05) is 0 Å². The van der Waals surface area contributed by atoms with Crippen molar-refractivity contribution >= 4 is 12.4 Å². The number of hydrogen-bond donors (Lipinski definition) is 1. The molecule has 0 aliphatic carbocycles. The first-order valence-corrected chi connectivity index (χ1v) is 4.40. The first kappa shape index (κ1) is 12.2. The number of halogens is 3. The number of rotatable bonds is 1. The molecule has 0 radical (unpaired) electrons. The SMILES string of the molecule is COc1cccc2c1CNCC2(F)F.Cl. The smallest absolute Gasteiger partial charge is 0.285 e. The molecule has 1 N–H and O–H groups in total. The third kappa shape index (κ3) is 2.06. The molecule has 0 unspecified atom stereocenters. The van der Waals surface area contributed by atoms with Crippen molar-refractivity contribution in [2.24, 2.45) is 0 Å². The molecular formula is C10H12ClF2NO. The van der Waals surface area contributed by atoms with E-state index in [9.17, 15) is 8.78 Å². The summed E-state index contributed by atoms with van der Waals surface area (Å²) in [6.07, 6.45) is 0. The predicted octanol–water partition coefficient (Wildman–Crippen LogP) is 2.31. The summed E-state index contributed by atoms with van der Waals surface area (Å²) >= 11 is 0. The third-order valence-electron chi connectivity index (χ3n) is 2.40. The molecule has 0 fully saturated rings. The molecule has 0 bridgehead atoms. The van der Waals surface area contributed by atoms with Gasteiger partial charge in [0.05, 0.1) is 13.7 Å². The van der Waals surface area contributed by atoms with Crippen LogP contribution in [-0.2, 0) is 12.5 Å². The summed E-state index contributed by atoms with van der Waals surface area (Å²) in [5, 5.41) is 2.68. The minimum absolute atomic E-state index is 0. The van der Waals surface area contributed by atoms with Crippen molar-refractivity contribution in [1.29, 1.82) is 0 Å². The van der Waals surface area contributed by atoms with Crippen LogP contribution in [0.3, 0.4) is 0 Å². The maximum atomic E-state index is 13.4. The number of alkyl halides is 2. The normalized spacial score (nSPS) is 17.5. The van der Waals surface area contributed by atoms with E-state index in [0.717, 1.165) is 0 Å². The monoisotopic (exact) mass is 235 g/mol. The zero-order valence-electron chi connectivity index (χ0n) is 8.22. The van der Waals surface area contributed by atoms with Gasteiger partial charge in [-0.25, -0.2) is 0 Å². The van der Waals surface area contributed by atoms with Gasteiger partial charge >= 0.3 is 0 Å². The van der Waals surface area contributed by atoms with Crippen LogP contribution in [0.5, 0.6) is 5.75 Å². The predicted molar refractivity (Wildman–Crippen MR) is 55.8 cm³/mol. The zero-order valence-corrected chi connectivity index (χ0v) is 9.04. The zero-order chi connectivity index (χ0) is 10.2. The van der Waals surface area contributed by atoms with Crippen LogP contribution in [0.25, 0.3) is 0 Å². The molecule has 1 aromatic carbocycles. The van der Waals surface area contributed by atoms with Crippen LogP contribution in [-0.4, -0.2) is 13.7 Å². The minimum Gasteiger partial charge on any atom is -0.496 e. The van der Waals surface area contributed by atoms with E-state index < -0.39 is 5.92 Å². The number of fused-ring (bicyclic) bond motifs is 1. The molecule has 15 heavy (non-hydrogen) atoms. The lowest BCUT2D eigenvalue weighted by Crippen LogP contribution is -2.36. The fourth-order valence-electron chi connectivity index (χ4n) is 1.72. The lowest BCUT2D eigenvalue weighted by Gasteiger charge is -2.27. The average molecular weight is 236 g/mol. The second kappa shape index (κ2) is 4.33. The molecule has 1 aromatic rings. The van der Waals surface area contributed by atoms with Gasteiger partial charge in [-0.2, -0.15) is 8.78 Å². The Bertz CT molecular complexity index is 357. The lowest BCUT2D eigenvalue weighted by molar-refractivity contribution is -0.0112. The lowest BCUT2D eigenvalue weighted by atomic mass is 9.97. The van der Waals surface area contributed by atoms with Gasteiger partial charge in [-0.15, -0.1) is 12.4 Å². The van der Waals surface area contributed by atoms with Crippen LogP contribution < -0.4 is 10.1 Å². The van der Waals surface area contributed by atoms with Crippen LogP contribution >= 0.6 is 12.4 Å². The van der Waals surface area contributed by atoms with Crippen molar-refractivity contribution in [3.05, 3.63) is 29.3 Å². The fourth-order valence-corrected chi connectivity index (χ4v) is 1.72. The molecule has 2 rings (SSSR count). The fraction of sp³-hybridized carbons (Fsp3) is 0.400. The van der Waals surface area contributed by atoms with Gasteiger partial charge in [-0.1, -0.05) is 12.1 Å². The summed E-state index contributed by atoms with van der Waals surface area (Å²) in [5.74, 6) is -2.27. The quantitative estimate of drug-likeness (QED) is 0.807. The Morgan fingerprint density at radius 3 is 2.80 bits per heavy atom. The van der Waals surface area contributed by atoms with Crippen LogP contribution in [0.4, 0.5) is 8.78 Å². The molecule has 2 nitrogen and oxygen atoms in total. The van der Waals surface area contributed by atoms with Crippen molar-refractivity contribution in [1.82, 2.24) is 5.32 Å². The molecular weight excluding hydrogens is 224 g/mol. The van der Waals surface area contributed by atoms with E-state index in [1.54, 1.807) is 12.1 Å². The first-order valence-electron chi connectivity index (χ1n) is 4.40. The van der Waals surface area contributed by atoms with Gasteiger partial charge in [0.15, 0.2) is 0 Å². The maximum absolute atomic E-state index is 13.4. The van der Waals surface area contributed by atoms with Crippen molar-refractivity contribution in [3.63, 3.8) is 0 Å². The summed E-state index contributed by atoms with van der Waals surface area (Å²) in [4.78, 5) is 0. The van der Waals surface area contributed by atoms with Crippen LogP contribution in [0.15, 0.2) is 18.2 Å². The Kier molecular flexibility index (Phi) is 3.52. The third-order valence-corrected chi connectivity index (χ3v) is 2.40. The minimum atomic E-state index is -2.79. The standard InChI is InChI=1S/C10H11F2NO.ClH/c1-14-9-4-2-3-8-7(9)5-13-6-10(8,11)12;/h2-4,13H,5-6H2,1H3;1H. The Morgan fingerprint density at radius 1 is 1.40 bits per heavy atom. The van der Waals surface area contributed by atoms with Crippen molar-refractivity contribution in [2.75, 3.05) is 13.7 Å². The topological polar surface area (TPSA) is 21.3 Å². The molecule has 84 valence electrons. The highest BCUT2D eigenvalue weighted by molar-refractivity contribution is 5.85. The average Bonchev–Trinajstić information content (AvgIpc) is 2.17. The van der Waals surface area contributed by atoms with Gasteiger partial charge in [-0.05, 0) is 6.07 Å². The summed E-state index contributed by atoms with van der Waals surface area (Å²) in [7, 11) is 1.49. The van der Waals surface area contributed by atoms with E-state index >= 15 is 0 Å². The van der Waals surface area contributed by atoms with Gasteiger partial charge < -0.3 is 10.1 Å². The largest absolute Gasteiger partial charge is 0.496 e.